The van der Waals surface area contributed by atoms with E-state index in [1.54, 1.807) is 51.8 Å². The maximum Gasteiger partial charge on any atom is 0.280 e. The Bertz CT molecular complexity index is 1660. The zero-order valence-electron chi connectivity index (χ0n) is 19.5. The fraction of sp³-hybridized carbons (Fsp3) is 0.154. The van der Waals surface area contributed by atoms with E-state index < -0.39 is 4.92 Å². The number of carbonyl (C=O) groups excluding carboxylic acids is 1. The fourth-order valence-corrected chi connectivity index (χ4v) is 4.79. The summed E-state index contributed by atoms with van der Waals surface area (Å²) in [4.78, 5) is 33.1. The minimum atomic E-state index is -0.425. The minimum Gasteiger partial charge on any atom is -0.338 e. The predicted octanol–water partition coefficient (Wildman–Crippen LogP) is 4.47. The van der Waals surface area contributed by atoms with Crippen molar-refractivity contribution in [3.05, 3.63) is 93.5 Å². The summed E-state index contributed by atoms with van der Waals surface area (Å²) in [5.74, 6) is 0.860. The van der Waals surface area contributed by atoms with Crippen LogP contribution in [0.4, 0.5) is 11.6 Å². The van der Waals surface area contributed by atoms with Crippen LogP contribution in [0, 0.1) is 10.1 Å². The second-order valence-corrected chi connectivity index (χ2v) is 9.11. The monoisotopic (exact) mass is 513 g/mol. The van der Waals surface area contributed by atoms with Gasteiger partial charge in [-0.3, -0.25) is 14.9 Å². The molecule has 1 fully saturated rings. The molecule has 1 aliphatic heterocycles. The van der Waals surface area contributed by atoms with Gasteiger partial charge in [-0.2, -0.15) is 0 Å². The Morgan fingerprint density at radius 3 is 2.35 bits per heavy atom. The van der Waals surface area contributed by atoms with Crippen molar-refractivity contribution in [2.24, 2.45) is 0 Å². The fourth-order valence-electron chi connectivity index (χ4n) is 4.66. The van der Waals surface area contributed by atoms with E-state index in [-0.39, 0.29) is 11.6 Å². The zero-order valence-corrected chi connectivity index (χ0v) is 20.2. The van der Waals surface area contributed by atoms with Crippen LogP contribution in [0.1, 0.15) is 10.4 Å². The average Bonchev–Trinajstić information content (AvgIpc) is 3.38. The van der Waals surface area contributed by atoms with Crippen molar-refractivity contribution in [2.45, 2.75) is 0 Å². The van der Waals surface area contributed by atoms with Gasteiger partial charge in [-0.05, 0) is 42.5 Å². The highest BCUT2D eigenvalue weighted by atomic mass is 35.5. The average molecular weight is 514 g/mol. The number of halogens is 1. The molecule has 3 aromatic carbocycles. The van der Waals surface area contributed by atoms with Gasteiger partial charge in [0, 0.05) is 48.2 Å². The lowest BCUT2D eigenvalue weighted by Crippen LogP contribution is -2.49. The van der Waals surface area contributed by atoms with Crippen LogP contribution in [0.25, 0.3) is 27.9 Å². The highest BCUT2D eigenvalue weighted by molar-refractivity contribution is 6.30. The number of nitro groups is 1. The van der Waals surface area contributed by atoms with E-state index in [0.29, 0.717) is 59.7 Å². The first-order chi connectivity index (χ1) is 18.0. The van der Waals surface area contributed by atoms with E-state index in [9.17, 15) is 14.9 Å². The lowest BCUT2D eigenvalue weighted by molar-refractivity contribution is -0.384. The first-order valence-corrected chi connectivity index (χ1v) is 12.1. The van der Waals surface area contributed by atoms with Crippen LogP contribution in [0.15, 0.2) is 72.8 Å². The quantitative estimate of drug-likeness (QED) is 0.257. The van der Waals surface area contributed by atoms with Gasteiger partial charge in [-0.25, -0.2) is 9.38 Å². The van der Waals surface area contributed by atoms with Crippen LogP contribution < -0.4 is 4.90 Å². The van der Waals surface area contributed by atoms with Gasteiger partial charge < -0.3 is 9.80 Å². The van der Waals surface area contributed by atoms with Crippen molar-refractivity contribution in [3.8, 4) is 11.4 Å². The number of aromatic nitrogens is 4. The number of carbonyl (C=O) groups is 1. The van der Waals surface area contributed by atoms with Gasteiger partial charge in [0.1, 0.15) is 0 Å². The van der Waals surface area contributed by atoms with Gasteiger partial charge >= 0.3 is 0 Å². The van der Waals surface area contributed by atoms with Gasteiger partial charge in [0.2, 0.25) is 5.95 Å². The topological polar surface area (TPSA) is 110 Å². The molecule has 3 heterocycles. The van der Waals surface area contributed by atoms with Crippen molar-refractivity contribution in [3.63, 3.8) is 0 Å². The molecule has 0 radical (unpaired) electrons. The molecule has 184 valence electrons. The lowest BCUT2D eigenvalue weighted by atomic mass is 10.1. The standard InChI is InChI=1S/C26H20ClN7O3/c27-18-11-9-17(10-12-18)25(35)31-13-15-32(16-14-31)26-28-21-7-3-1-5-19(21)23-29-30-24(33(23)26)20-6-2-4-8-22(20)34(36)37/h1-12H,13-16H2. The van der Waals surface area contributed by atoms with Crippen molar-refractivity contribution in [1.29, 1.82) is 0 Å². The molecule has 6 rings (SSSR count). The molecule has 11 heteroatoms. The third-order valence-electron chi connectivity index (χ3n) is 6.51. The van der Waals surface area contributed by atoms with E-state index in [1.807, 2.05) is 24.3 Å². The number of nitrogens with zero attached hydrogens (tertiary/aromatic N) is 7. The molecular formula is C26H20ClN7O3. The first kappa shape index (κ1) is 22.9. The Labute approximate surface area is 215 Å². The molecule has 0 aliphatic carbocycles. The summed E-state index contributed by atoms with van der Waals surface area (Å²) in [7, 11) is 0. The van der Waals surface area contributed by atoms with Crippen molar-refractivity contribution >= 4 is 45.7 Å². The summed E-state index contributed by atoms with van der Waals surface area (Å²) in [6.07, 6.45) is 0. The van der Waals surface area contributed by atoms with Gasteiger partial charge in [-0.1, -0.05) is 35.9 Å². The Hall–Kier alpha value is -4.57. The zero-order chi connectivity index (χ0) is 25.5. The number of benzene rings is 3. The first-order valence-electron chi connectivity index (χ1n) is 11.7. The van der Waals surface area contributed by atoms with Crippen molar-refractivity contribution in [1.82, 2.24) is 24.5 Å². The number of fused-ring (bicyclic) bond motifs is 3. The Kier molecular flexibility index (Phi) is 5.65. The van der Waals surface area contributed by atoms with E-state index in [4.69, 9.17) is 16.6 Å². The molecule has 0 N–H and O–H groups in total. The number of nitro benzene ring substituents is 1. The molecule has 1 saturated heterocycles. The smallest absolute Gasteiger partial charge is 0.280 e. The second kappa shape index (κ2) is 9.14. The summed E-state index contributed by atoms with van der Waals surface area (Å²) >= 11 is 5.96. The number of para-hydroxylation sites is 2. The third kappa shape index (κ3) is 4.01. The Balaban J connectivity index is 1.41. The second-order valence-electron chi connectivity index (χ2n) is 8.67. The molecule has 10 nitrogen and oxygen atoms in total. The molecule has 0 atom stereocenters. The molecule has 0 bridgehead atoms. The van der Waals surface area contributed by atoms with E-state index in [2.05, 4.69) is 15.1 Å². The molecule has 1 aliphatic rings. The molecular weight excluding hydrogens is 494 g/mol. The number of rotatable bonds is 4. The van der Waals surface area contributed by atoms with Gasteiger partial charge in [0.15, 0.2) is 11.5 Å². The van der Waals surface area contributed by atoms with Crippen LogP contribution in [0.2, 0.25) is 5.02 Å². The van der Waals surface area contributed by atoms with Crippen LogP contribution in [-0.2, 0) is 0 Å². The maximum absolute atomic E-state index is 13.0. The third-order valence-corrected chi connectivity index (χ3v) is 6.76. The maximum atomic E-state index is 13.0. The number of anilines is 1. The number of amides is 1. The summed E-state index contributed by atoms with van der Waals surface area (Å²) in [5.41, 5.74) is 2.19. The summed E-state index contributed by atoms with van der Waals surface area (Å²) in [5, 5.41) is 21.9. The normalized spacial score (nSPS) is 13.9. The minimum absolute atomic E-state index is 0.0576. The number of hydrogen-bond donors (Lipinski definition) is 0. The Morgan fingerprint density at radius 2 is 1.59 bits per heavy atom. The Morgan fingerprint density at radius 1 is 0.892 bits per heavy atom. The molecule has 0 saturated carbocycles. The molecule has 2 aromatic heterocycles. The molecule has 0 spiro atoms. The van der Waals surface area contributed by atoms with Crippen LogP contribution >= 0.6 is 11.6 Å². The summed E-state index contributed by atoms with van der Waals surface area (Å²) < 4.78 is 1.78. The largest absolute Gasteiger partial charge is 0.338 e. The van der Waals surface area contributed by atoms with E-state index in [1.165, 1.54) is 6.07 Å². The van der Waals surface area contributed by atoms with E-state index in [0.717, 1.165) is 10.9 Å². The molecule has 5 aromatic rings. The van der Waals surface area contributed by atoms with Crippen LogP contribution in [0.3, 0.4) is 0 Å². The number of hydrogen-bond acceptors (Lipinski definition) is 7. The lowest BCUT2D eigenvalue weighted by Gasteiger charge is -2.35. The molecule has 0 unspecified atom stereocenters. The van der Waals surface area contributed by atoms with E-state index >= 15 is 0 Å². The molecule has 1 amide bonds. The molecule has 37 heavy (non-hydrogen) atoms. The van der Waals surface area contributed by atoms with Crippen LogP contribution in [0.5, 0.6) is 0 Å². The summed E-state index contributed by atoms with van der Waals surface area (Å²) in [6.45, 7) is 2.02. The highest BCUT2D eigenvalue weighted by Crippen LogP contribution is 2.33. The summed E-state index contributed by atoms with van der Waals surface area (Å²) in [6, 6.07) is 20.9. The van der Waals surface area contributed by atoms with Gasteiger partial charge in [0.05, 0.1) is 16.0 Å². The van der Waals surface area contributed by atoms with Crippen molar-refractivity contribution in [2.75, 3.05) is 31.1 Å². The van der Waals surface area contributed by atoms with Gasteiger partial charge in [-0.15, -0.1) is 10.2 Å². The highest BCUT2D eigenvalue weighted by Gasteiger charge is 2.28. The number of piperazine rings is 1. The van der Waals surface area contributed by atoms with Crippen LogP contribution in [-0.4, -0.2) is 61.5 Å². The van der Waals surface area contributed by atoms with Gasteiger partial charge in [0.25, 0.3) is 11.6 Å². The SMILES string of the molecule is O=C(c1ccc(Cl)cc1)N1CCN(c2nc3ccccc3c3nnc(-c4ccccc4[N+](=O)[O-])n23)CC1. The predicted molar refractivity (Wildman–Crippen MR) is 140 cm³/mol. The van der Waals surface area contributed by atoms with Crippen molar-refractivity contribution < 1.29 is 9.72 Å².